The summed E-state index contributed by atoms with van der Waals surface area (Å²) in [4.78, 5) is 38.1. The molecule has 0 N–H and O–H groups in total. The van der Waals surface area contributed by atoms with Crippen LogP contribution in [0.25, 0.3) is 0 Å². The fourth-order valence-corrected chi connectivity index (χ4v) is 9.10. The minimum Gasteiger partial charge on any atom is -0.462 e. The van der Waals surface area contributed by atoms with Crippen LogP contribution in [0.5, 0.6) is 0 Å². The third-order valence-electron chi connectivity index (χ3n) is 13.5. The van der Waals surface area contributed by atoms with Gasteiger partial charge in [0.2, 0.25) is 0 Å². The van der Waals surface area contributed by atoms with Gasteiger partial charge in [-0.15, -0.1) is 0 Å². The molecule has 0 aliphatic heterocycles. The molecule has 0 aromatic carbocycles. The van der Waals surface area contributed by atoms with E-state index in [4.69, 9.17) is 14.2 Å². The van der Waals surface area contributed by atoms with Crippen LogP contribution in [0.3, 0.4) is 0 Å². The first-order chi connectivity index (χ1) is 31.9. The number of rotatable bonds is 54. The molecule has 0 unspecified atom stereocenters. The van der Waals surface area contributed by atoms with E-state index < -0.39 is 6.10 Å². The van der Waals surface area contributed by atoms with Gasteiger partial charge in [-0.05, 0) is 25.2 Å². The average Bonchev–Trinajstić information content (AvgIpc) is 3.29. The van der Waals surface area contributed by atoms with E-state index in [1.165, 1.54) is 231 Å². The SMILES string of the molecule is CCCCCCCCCCCCCCCCC(=O)O[C@H](COC(=O)CCCCCCCCCCCCCC)COC(=O)CCCCCCCCCCCCCCCCCCCCC(C)C. The van der Waals surface area contributed by atoms with E-state index in [0.717, 1.165) is 63.7 Å². The smallest absolute Gasteiger partial charge is 0.306 e. The van der Waals surface area contributed by atoms with Crippen molar-refractivity contribution in [2.24, 2.45) is 5.92 Å². The molecule has 0 aliphatic rings. The lowest BCUT2D eigenvalue weighted by molar-refractivity contribution is -0.167. The first-order valence-corrected chi connectivity index (χ1v) is 29.4. The normalized spacial score (nSPS) is 12.0. The van der Waals surface area contributed by atoms with E-state index in [-0.39, 0.29) is 31.1 Å². The molecule has 6 heteroatoms. The number of unbranched alkanes of at least 4 members (excludes halogenated alkanes) is 41. The molecule has 0 rings (SSSR count). The summed E-state index contributed by atoms with van der Waals surface area (Å²) in [5, 5.41) is 0. The molecule has 386 valence electrons. The van der Waals surface area contributed by atoms with Gasteiger partial charge in [-0.1, -0.05) is 297 Å². The molecular weight excluding hydrogens is 805 g/mol. The van der Waals surface area contributed by atoms with E-state index in [2.05, 4.69) is 27.7 Å². The molecule has 0 heterocycles. The molecule has 0 aromatic heterocycles. The van der Waals surface area contributed by atoms with E-state index in [1.807, 2.05) is 0 Å². The van der Waals surface area contributed by atoms with Crippen molar-refractivity contribution in [3.05, 3.63) is 0 Å². The highest BCUT2D eigenvalue weighted by Gasteiger charge is 2.19. The summed E-state index contributed by atoms with van der Waals surface area (Å²) in [6, 6.07) is 0. The van der Waals surface area contributed by atoms with Crippen LogP contribution in [0.1, 0.15) is 336 Å². The quantitative estimate of drug-likeness (QED) is 0.0344. The molecule has 1 atom stereocenters. The van der Waals surface area contributed by atoms with Crippen LogP contribution in [0.4, 0.5) is 0 Å². The van der Waals surface area contributed by atoms with Crippen molar-refractivity contribution >= 4 is 17.9 Å². The van der Waals surface area contributed by atoms with Gasteiger partial charge in [0, 0.05) is 19.3 Å². The Balaban J connectivity index is 4.22. The van der Waals surface area contributed by atoms with Gasteiger partial charge < -0.3 is 14.2 Å². The molecule has 0 fully saturated rings. The van der Waals surface area contributed by atoms with Gasteiger partial charge in [0.05, 0.1) is 0 Å². The van der Waals surface area contributed by atoms with E-state index in [9.17, 15) is 14.4 Å². The number of carbonyl (C=O) groups excluding carboxylic acids is 3. The zero-order valence-corrected chi connectivity index (χ0v) is 44.5. The van der Waals surface area contributed by atoms with Crippen molar-refractivity contribution in [3.63, 3.8) is 0 Å². The summed E-state index contributed by atoms with van der Waals surface area (Å²) in [7, 11) is 0. The van der Waals surface area contributed by atoms with Gasteiger partial charge in [0.15, 0.2) is 6.10 Å². The molecule has 6 nitrogen and oxygen atoms in total. The molecule has 0 aliphatic carbocycles. The van der Waals surface area contributed by atoms with Crippen molar-refractivity contribution in [3.8, 4) is 0 Å². The monoisotopic (exact) mass is 919 g/mol. The van der Waals surface area contributed by atoms with Crippen molar-refractivity contribution in [2.75, 3.05) is 13.2 Å². The zero-order chi connectivity index (χ0) is 47.4. The maximum Gasteiger partial charge on any atom is 0.306 e. The van der Waals surface area contributed by atoms with Crippen LogP contribution in [-0.4, -0.2) is 37.2 Å². The molecule has 0 saturated carbocycles. The van der Waals surface area contributed by atoms with Crippen molar-refractivity contribution < 1.29 is 28.6 Å². The second-order valence-corrected chi connectivity index (χ2v) is 20.8. The Labute approximate surface area is 406 Å². The standard InChI is InChI=1S/C59H114O6/c1-5-7-9-11-13-15-17-19-27-32-36-40-44-48-52-59(62)65-56(53-63-57(60)50-46-42-38-34-30-18-16-14-12-10-8-6-2)54-64-58(61)51-47-43-39-35-31-28-25-23-21-20-22-24-26-29-33-37-41-45-49-55(3)4/h55-56H,5-54H2,1-4H3/t56-/m1/s1. The predicted molar refractivity (Wildman–Crippen MR) is 280 cm³/mol. The van der Waals surface area contributed by atoms with Crippen molar-refractivity contribution in [1.82, 2.24) is 0 Å². The maximum atomic E-state index is 12.8. The van der Waals surface area contributed by atoms with Crippen molar-refractivity contribution in [1.29, 1.82) is 0 Å². The van der Waals surface area contributed by atoms with Crippen LogP contribution < -0.4 is 0 Å². The Morgan fingerprint density at radius 2 is 0.508 bits per heavy atom. The maximum absolute atomic E-state index is 12.8. The first-order valence-electron chi connectivity index (χ1n) is 29.4. The Kier molecular flexibility index (Phi) is 52.1. The summed E-state index contributed by atoms with van der Waals surface area (Å²) in [5.74, 6) is 0.0246. The Hall–Kier alpha value is -1.59. The van der Waals surface area contributed by atoms with E-state index in [0.29, 0.717) is 19.3 Å². The Morgan fingerprint density at radius 1 is 0.292 bits per heavy atom. The third-order valence-corrected chi connectivity index (χ3v) is 13.5. The minimum atomic E-state index is -0.761. The highest BCUT2D eigenvalue weighted by Crippen LogP contribution is 2.18. The van der Waals surface area contributed by atoms with E-state index in [1.54, 1.807) is 0 Å². The Bertz CT molecular complexity index is 980. The zero-order valence-electron chi connectivity index (χ0n) is 44.5. The molecule has 65 heavy (non-hydrogen) atoms. The topological polar surface area (TPSA) is 78.9 Å². The summed E-state index contributed by atoms with van der Waals surface area (Å²) in [6.07, 6.45) is 58.1. The number of esters is 3. The van der Waals surface area contributed by atoms with E-state index >= 15 is 0 Å². The largest absolute Gasteiger partial charge is 0.462 e. The van der Waals surface area contributed by atoms with Gasteiger partial charge in [0.1, 0.15) is 13.2 Å². The first kappa shape index (κ1) is 63.4. The predicted octanol–water partition coefficient (Wildman–Crippen LogP) is 19.4. The minimum absolute atomic E-state index is 0.0616. The molecule has 0 bridgehead atoms. The summed E-state index contributed by atoms with van der Waals surface area (Å²) >= 11 is 0. The van der Waals surface area contributed by atoms with Gasteiger partial charge in [-0.25, -0.2) is 0 Å². The highest BCUT2D eigenvalue weighted by atomic mass is 16.6. The summed E-state index contributed by atoms with van der Waals surface area (Å²) in [6.45, 7) is 9.07. The average molecular weight is 920 g/mol. The lowest BCUT2D eigenvalue weighted by Gasteiger charge is -2.18. The van der Waals surface area contributed by atoms with Gasteiger partial charge in [-0.2, -0.15) is 0 Å². The molecule has 0 aromatic rings. The molecule has 0 amide bonds. The lowest BCUT2D eigenvalue weighted by Crippen LogP contribution is -2.30. The summed E-state index contributed by atoms with van der Waals surface area (Å²) in [5.41, 5.74) is 0. The fourth-order valence-electron chi connectivity index (χ4n) is 9.10. The van der Waals surface area contributed by atoms with Crippen LogP contribution in [0.15, 0.2) is 0 Å². The number of ether oxygens (including phenoxy) is 3. The fraction of sp³-hybridized carbons (Fsp3) is 0.949. The molecule has 0 spiro atoms. The van der Waals surface area contributed by atoms with Crippen LogP contribution >= 0.6 is 0 Å². The van der Waals surface area contributed by atoms with Gasteiger partial charge in [0.25, 0.3) is 0 Å². The molecule has 0 saturated heterocycles. The van der Waals surface area contributed by atoms with Gasteiger partial charge >= 0.3 is 17.9 Å². The second kappa shape index (κ2) is 53.4. The van der Waals surface area contributed by atoms with Crippen LogP contribution in [0, 0.1) is 5.92 Å². The summed E-state index contributed by atoms with van der Waals surface area (Å²) < 4.78 is 16.9. The second-order valence-electron chi connectivity index (χ2n) is 20.8. The molecular formula is C59H114O6. The van der Waals surface area contributed by atoms with Crippen LogP contribution in [0.2, 0.25) is 0 Å². The highest BCUT2D eigenvalue weighted by molar-refractivity contribution is 5.71. The number of hydrogen-bond acceptors (Lipinski definition) is 6. The van der Waals surface area contributed by atoms with Gasteiger partial charge in [-0.3, -0.25) is 14.4 Å². The lowest BCUT2D eigenvalue weighted by atomic mass is 10.0. The van der Waals surface area contributed by atoms with Crippen LogP contribution in [-0.2, 0) is 28.6 Å². The number of hydrogen-bond donors (Lipinski definition) is 0. The third kappa shape index (κ3) is 53.2. The Morgan fingerprint density at radius 3 is 0.754 bits per heavy atom. The number of carbonyl (C=O) groups is 3. The molecule has 0 radical (unpaired) electrons. The van der Waals surface area contributed by atoms with Crippen molar-refractivity contribution in [2.45, 2.75) is 342 Å².